The first-order valence-corrected chi connectivity index (χ1v) is 12.6. The van der Waals surface area contributed by atoms with E-state index in [9.17, 15) is 4.79 Å². The molecule has 0 spiro atoms. The van der Waals surface area contributed by atoms with Crippen LogP contribution in [0, 0.1) is 6.92 Å². The van der Waals surface area contributed by atoms with Gasteiger partial charge in [-0.1, -0.05) is 64.8 Å². The van der Waals surface area contributed by atoms with Gasteiger partial charge in [-0.15, -0.1) is 10.2 Å². The minimum Gasteiger partial charge on any atom is -0.497 e. The van der Waals surface area contributed by atoms with Gasteiger partial charge in [0.2, 0.25) is 0 Å². The zero-order valence-corrected chi connectivity index (χ0v) is 21.8. The van der Waals surface area contributed by atoms with Crippen molar-refractivity contribution in [3.8, 4) is 11.4 Å². The zero-order chi connectivity index (χ0) is 24.9. The Kier molecular flexibility index (Phi) is 8.00. The van der Waals surface area contributed by atoms with Gasteiger partial charge in [0.15, 0.2) is 11.0 Å². The van der Waals surface area contributed by atoms with E-state index in [1.54, 1.807) is 37.1 Å². The van der Waals surface area contributed by atoms with Gasteiger partial charge >= 0.3 is 0 Å². The molecule has 1 aromatic heterocycles. The van der Waals surface area contributed by atoms with Gasteiger partial charge in [0.25, 0.3) is 5.91 Å². The second-order valence-corrected chi connectivity index (χ2v) is 9.76. The summed E-state index contributed by atoms with van der Waals surface area (Å²) >= 11 is 13.8. The van der Waals surface area contributed by atoms with E-state index in [1.807, 2.05) is 66.9 Å². The normalized spacial score (nSPS) is 11.8. The largest absolute Gasteiger partial charge is 0.497 e. The van der Waals surface area contributed by atoms with Crippen LogP contribution in [0.15, 0.2) is 71.9 Å². The van der Waals surface area contributed by atoms with Crippen molar-refractivity contribution in [2.45, 2.75) is 30.8 Å². The Hall–Kier alpha value is -3.00. The van der Waals surface area contributed by atoms with E-state index < -0.39 is 6.04 Å². The first kappa shape index (κ1) is 25.1. The summed E-state index contributed by atoms with van der Waals surface area (Å²) in [6.07, 6.45) is 0. The molecule has 3 aromatic carbocycles. The second-order valence-electron chi connectivity index (χ2n) is 7.97. The van der Waals surface area contributed by atoms with Crippen LogP contribution in [0.4, 0.5) is 0 Å². The van der Waals surface area contributed by atoms with Crippen LogP contribution >= 0.6 is 35.0 Å². The van der Waals surface area contributed by atoms with Gasteiger partial charge in [-0.25, -0.2) is 0 Å². The summed E-state index contributed by atoms with van der Waals surface area (Å²) in [5, 5.41) is 13.4. The van der Waals surface area contributed by atoms with Gasteiger partial charge < -0.3 is 10.1 Å². The van der Waals surface area contributed by atoms with Gasteiger partial charge in [-0.2, -0.15) is 0 Å². The number of carbonyl (C=O) groups excluding carboxylic acids is 1. The lowest BCUT2D eigenvalue weighted by molar-refractivity contribution is 0.0938. The monoisotopic (exact) mass is 526 g/mol. The lowest BCUT2D eigenvalue weighted by Gasteiger charge is -2.17. The molecule has 9 heteroatoms. The highest BCUT2D eigenvalue weighted by molar-refractivity contribution is 7.98. The molecule has 4 aromatic rings. The topological polar surface area (TPSA) is 69.0 Å². The molecule has 0 saturated heterocycles. The second kappa shape index (κ2) is 11.2. The molecule has 35 heavy (non-hydrogen) atoms. The van der Waals surface area contributed by atoms with E-state index in [4.69, 9.17) is 27.9 Å². The molecule has 0 radical (unpaired) electrons. The van der Waals surface area contributed by atoms with Gasteiger partial charge in [0.1, 0.15) is 5.75 Å². The molecule has 1 unspecified atom stereocenters. The maximum atomic E-state index is 12.9. The molecule has 1 heterocycles. The highest BCUT2D eigenvalue weighted by Crippen LogP contribution is 2.29. The molecule has 0 fully saturated rings. The van der Waals surface area contributed by atoms with Crippen LogP contribution in [0.1, 0.15) is 40.3 Å². The summed E-state index contributed by atoms with van der Waals surface area (Å²) in [7, 11) is 1.65. The first-order valence-electron chi connectivity index (χ1n) is 10.9. The Morgan fingerprint density at radius 2 is 1.86 bits per heavy atom. The summed E-state index contributed by atoms with van der Waals surface area (Å²) in [5.41, 5.74) is 3.51. The summed E-state index contributed by atoms with van der Waals surface area (Å²) in [6, 6.07) is 20.4. The maximum absolute atomic E-state index is 12.9. The standard InChI is InChI=1S/C26H24Cl2N4O2S/c1-16-7-10-20(11-8-16)32-24(17(2)29-25(33)22-12-9-19(27)14-23(22)28)30-31-26(32)35-15-18-5-4-6-21(13-18)34-3/h4-14,17H,15H2,1-3H3,(H,29,33). The van der Waals surface area contributed by atoms with Crippen molar-refractivity contribution in [2.24, 2.45) is 0 Å². The fraction of sp³-hybridized carbons (Fsp3) is 0.192. The zero-order valence-electron chi connectivity index (χ0n) is 19.5. The van der Waals surface area contributed by atoms with E-state index in [0.717, 1.165) is 27.7 Å². The van der Waals surface area contributed by atoms with Crippen LogP contribution in [0.3, 0.4) is 0 Å². The molecule has 0 aliphatic heterocycles. The van der Waals surface area contributed by atoms with Crippen LogP contribution in [0.5, 0.6) is 5.75 Å². The number of halogens is 2. The highest BCUT2D eigenvalue weighted by Gasteiger charge is 2.22. The average Bonchev–Trinajstić information content (AvgIpc) is 3.27. The molecule has 1 amide bonds. The molecule has 0 saturated carbocycles. The minimum absolute atomic E-state index is 0.289. The van der Waals surface area contributed by atoms with Crippen molar-refractivity contribution < 1.29 is 9.53 Å². The quantitative estimate of drug-likeness (QED) is 0.259. The number of thioether (sulfide) groups is 1. The van der Waals surface area contributed by atoms with E-state index in [0.29, 0.717) is 22.2 Å². The molecule has 0 aliphatic carbocycles. The number of benzene rings is 3. The number of aryl methyl sites for hydroxylation is 1. The van der Waals surface area contributed by atoms with Crippen molar-refractivity contribution in [1.82, 2.24) is 20.1 Å². The third-order valence-corrected chi connectivity index (χ3v) is 6.91. The van der Waals surface area contributed by atoms with Crippen molar-refractivity contribution >= 4 is 40.9 Å². The van der Waals surface area contributed by atoms with E-state index in [-0.39, 0.29) is 10.9 Å². The summed E-state index contributed by atoms with van der Waals surface area (Å²) in [6.45, 7) is 3.90. The van der Waals surface area contributed by atoms with Crippen LogP contribution < -0.4 is 10.1 Å². The molecular weight excluding hydrogens is 503 g/mol. The third-order valence-electron chi connectivity index (χ3n) is 5.36. The number of methoxy groups -OCH3 is 1. The number of hydrogen-bond donors (Lipinski definition) is 1. The van der Waals surface area contributed by atoms with E-state index >= 15 is 0 Å². The number of carbonyl (C=O) groups is 1. The van der Waals surface area contributed by atoms with Gasteiger partial charge in [-0.3, -0.25) is 9.36 Å². The average molecular weight is 527 g/mol. The molecule has 4 rings (SSSR count). The lowest BCUT2D eigenvalue weighted by atomic mass is 10.2. The highest BCUT2D eigenvalue weighted by atomic mass is 35.5. The summed E-state index contributed by atoms with van der Waals surface area (Å²) < 4.78 is 7.31. The third kappa shape index (κ3) is 5.99. The number of nitrogens with one attached hydrogen (secondary N) is 1. The minimum atomic E-state index is -0.436. The Bertz CT molecular complexity index is 1340. The van der Waals surface area contributed by atoms with Gasteiger partial charge in [0, 0.05) is 16.5 Å². The molecule has 180 valence electrons. The molecule has 0 aliphatic rings. The van der Waals surface area contributed by atoms with Crippen LogP contribution in [0.2, 0.25) is 10.0 Å². The van der Waals surface area contributed by atoms with Crippen LogP contribution in [-0.2, 0) is 5.75 Å². The number of amides is 1. The lowest BCUT2D eigenvalue weighted by Crippen LogP contribution is -2.28. The summed E-state index contributed by atoms with van der Waals surface area (Å²) in [5.74, 6) is 1.78. The number of rotatable bonds is 8. The van der Waals surface area contributed by atoms with Crippen molar-refractivity contribution in [3.05, 3.63) is 99.3 Å². The Morgan fingerprint density at radius 3 is 2.57 bits per heavy atom. The fourth-order valence-electron chi connectivity index (χ4n) is 3.51. The van der Waals surface area contributed by atoms with Crippen LogP contribution in [-0.4, -0.2) is 27.8 Å². The molecule has 6 nitrogen and oxygen atoms in total. The fourth-order valence-corrected chi connectivity index (χ4v) is 4.91. The maximum Gasteiger partial charge on any atom is 0.253 e. The van der Waals surface area contributed by atoms with Gasteiger partial charge in [0.05, 0.1) is 23.7 Å². The number of hydrogen-bond acceptors (Lipinski definition) is 5. The molecule has 1 atom stereocenters. The van der Waals surface area contributed by atoms with E-state index in [2.05, 4.69) is 15.5 Å². The molecule has 0 bridgehead atoms. The SMILES string of the molecule is COc1cccc(CSc2nnc(C(C)NC(=O)c3ccc(Cl)cc3Cl)n2-c2ccc(C)cc2)c1. The van der Waals surface area contributed by atoms with Crippen molar-refractivity contribution in [1.29, 1.82) is 0 Å². The Morgan fingerprint density at radius 1 is 1.09 bits per heavy atom. The van der Waals surface area contributed by atoms with Gasteiger partial charge in [-0.05, 0) is 61.9 Å². The molecular formula is C26H24Cl2N4O2S. The predicted octanol–water partition coefficient (Wildman–Crippen LogP) is 6.67. The van der Waals surface area contributed by atoms with Crippen LogP contribution in [0.25, 0.3) is 5.69 Å². The number of aromatic nitrogens is 3. The van der Waals surface area contributed by atoms with Crippen molar-refractivity contribution in [3.63, 3.8) is 0 Å². The first-order chi connectivity index (χ1) is 16.9. The number of nitrogens with zero attached hydrogens (tertiary/aromatic N) is 3. The van der Waals surface area contributed by atoms with E-state index in [1.165, 1.54) is 0 Å². The summed E-state index contributed by atoms with van der Waals surface area (Å²) in [4.78, 5) is 12.9. The van der Waals surface area contributed by atoms with Crippen molar-refractivity contribution in [2.75, 3.05) is 7.11 Å². The smallest absolute Gasteiger partial charge is 0.253 e. The predicted molar refractivity (Wildman–Crippen MR) is 141 cm³/mol. The Balaban J connectivity index is 1.62. The number of ether oxygens (including phenoxy) is 1. The Labute approximate surface area is 218 Å². The molecule has 1 N–H and O–H groups in total.